The maximum atomic E-state index is 12.0. The fraction of sp³-hybridized carbons (Fsp3) is 0.188. The Kier molecular flexibility index (Phi) is 4.25. The highest BCUT2D eigenvalue weighted by Gasteiger charge is 2.14. The van der Waals surface area contributed by atoms with Crippen LogP contribution >= 0.6 is 0 Å². The van der Waals surface area contributed by atoms with Gasteiger partial charge in [0.2, 0.25) is 5.91 Å². The predicted octanol–water partition coefficient (Wildman–Crippen LogP) is 2.92. The number of anilines is 1. The number of carbonyl (C=O) groups is 1. The largest absolute Gasteiger partial charge is 0.504 e. The lowest BCUT2D eigenvalue weighted by Gasteiger charge is -2.12. The van der Waals surface area contributed by atoms with E-state index in [1.165, 1.54) is 12.1 Å². The van der Waals surface area contributed by atoms with Gasteiger partial charge in [0.1, 0.15) is 0 Å². The summed E-state index contributed by atoms with van der Waals surface area (Å²) in [5.41, 5.74) is 1.56. The summed E-state index contributed by atoms with van der Waals surface area (Å²) in [4.78, 5) is 12.0. The quantitative estimate of drug-likeness (QED) is 0.749. The Hall–Kier alpha value is -2.49. The van der Waals surface area contributed by atoms with Crippen LogP contribution in [-0.2, 0) is 11.2 Å². The van der Waals surface area contributed by atoms with Crippen molar-refractivity contribution in [1.29, 1.82) is 0 Å². The summed E-state index contributed by atoms with van der Waals surface area (Å²) in [6.07, 6.45) is 0.493. The summed E-state index contributed by atoms with van der Waals surface area (Å²) in [5.74, 6) is -0.642. The van der Waals surface area contributed by atoms with Gasteiger partial charge < -0.3 is 15.5 Å². The van der Waals surface area contributed by atoms with Crippen LogP contribution in [0, 0.1) is 5.92 Å². The highest BCUT2D eigenvalue weighted by Crippen LogP contribution is 2.26. The number of rotatable bonds is 4. The molecule has 4 nitrogen and oxygen atoms in total. The van der Waals surface area contributed by atoms with E-state index in [1.807, 2.05) is 37.3 Å². The number of nitrogens with one attached hydrogen (secondary N) is 1. The van der Waals surface area contributed by atoms with Crippen LogP contribution in [-0.4, -0.2) is 16.1 Å². The lowest BCUT2D eigenvalue weighted by Crippen LogP contribution is -2.22. The van der Waals surface area contributed by atoms with E-state index in [4.69, 9.17) is 0 Å². The van der Waals surface area contributed by atoms with Crippen LogP contribution in [0.3, 0.4) is 0 Å². The van der Waals surface area contributed by atoms with Gasteiger partial charge in [-0.15, -0.1) is 0 Å². The normalized spacial score (nSPS) is 11.8. The summed E-state index contributed by atoms with van der Waals surface area (Å²) in [7, 11) is 0. The van der Waals surface area contributed by atoms with Gasteiger partial charge in [0, 0.05) is 11.6 Å². The molecule has 0 aliphatic carbocycles. The topological polar surface area (TPSA) is 69.6 Å². The zero-order chi connectivity index (χ0) is 14.5. The van der Waals surface area contributed by atoms with Gasteiger partial charge in [0.25, 0.3) is 0 Å². The van der Waals surface area contributed by atoms with Crippen molar-refractivity contribution in [2.24, 2.45) is 5.92 Å². The van der Waals surface area contributed by atoms with Crippen LogP contribution < -0.4 is 5.32 Å². The average molecular weight is 271 g/mol. The van der Waals surface area contributed by atoms with Gasteiger partial charge in [-0.1, -0.05) is 31.2 Å². The zero-order valence-electron chi connectivity index (χ0n) is 11.2. The van der Waals surface area contributed by atoms with Crippen LogP contribution in [0.5, 0.6) is 11.5 Å². The van der Waals surface area contributed by atoms with Crippen molar-refractivity contribution in [3.63, 3.8) is 0 Å². The first kappa shape index (κ1) is 13.9. The molecule has 1 unspecified atom stereocenters. The molecule has 0 radical (unpaired) electrons. The number of phenolic OH excluding ortho intramolecular Hbond substituents is 2. The van der Waals surface area contributed by atoms with Crippen LogP contribution in [0.1, 0.15) is 12.5 Å². The Balaban J connectivity index is 1.98. The van der Waals surface area contributed by atoms with Crippen LogP contribution in [0.15, 0.2) is 48.5 Å². The molecule has 0 saturated carbocycles. The number of phenols is 2. The third kappa shape index (κ3) is 3.51. The molecule has 0 heterocycles. The summed E-state index contributed by atoms with van der Waals surface area (Å²) >= 11 is 0. The van der Waals surface area contributed by atoms with Crippen molar-refractivity contribution in [1.82, 2.24) is 0 Å². The molecule has 2 aromatic carbocycles. The number of benzene rings is 2. The molecule has 1 atom stereocenters. The first-order valence-electron chi connectivity index (χ1n) is 6.43. The Labute approximate surface area is 117 Å². The van der Waals surface area contributed by atoms with Gasteiger partial charge in [-0.25, -0.2) is 0 Å². The van der Waals surface area contributed by atoms with E-state index in [0.29, 0.717) is 6.42 Å². The molecule has 0 saturated heterocycles. The molecule has 2 rings (SSSR count). The molecule has 0 spiro atoms. The summed E-state index contributed by atoms with van der Waals surface area (Å²) in [6, 6.07) is 13.9. The van der Waals surface area contributed by atoms with Crippen molar-refractivity contribution in [3.8, 4) is 11.5 Å². The molecular formula is C16H17NO3. The smallest absolute Gasteiger partial charge is 0.227 e. The number of carbonyl (C=O) groups excluding carboxylic acids is 1. The maximum Gasteiger partial charge on any atom is 0.227 e. The summed E-state index contributed by atoms with van der Waals surface area (Å²) in [6.45, 7) is 1.82. The number of hydrogen-bond acceptors (Lipinski definition) is 3. The highest BCUT2D eigenvalue weighted by atomic mass is 16.3. The zero-order valence-corrected chi connectivity index (χ0v) is 11.2. The molecule has 104 valence electrons. The molecule has 0 fully saturated rings. The maximum absolute atomic E-state index is 12.0. The van der Waals surface area contributed by atoms with Crippen LogP contribution in [0.25, 0.3) is 0 Å². The van der Waals surface area contributed by atoms with Crippen molar-refractivity contribution in [2.75, 3.05) is 5.32 Å². The van der Waals surface area contributed by atoms with Gasteiger partial charge in [0.05, 0.1) is 0 Å². The standard InChI is InChI=1S/C16H17NO3/c1-11(9-12-7-8-14(18)15(19)10-12)16(20)17-13-5-3-2-4-6-13/h2-8,10-11,18-19H,9H2,1H3,(H,17,20). The number of aromatic hydroxyl groups is 2. The van der Waals surface area contributed by atoms with E-state index in [9.17, 15) is 15.0 Å². The van der Waals surface area contributed by atoms with E-state index in [2.05, 4.69) is 5.32 Å². The van der Waals surface area contributed by atoms with Gasteiger partial charge in [-0.3, -0.25) is 4.79 Å². The second-order valence-corrected chi connectivity index (χ2v) is 4.78. The fourth-order valence-corrected chi connectivity index (χ4v) is 1.93. The molecule has 2 aromatic rings. The summed E-state index contributed by atoms with van der Waals surface area (Å²) < 4.78 is 0. The van der Waals surface area contributed by atoms with Crippen LogP contribution in [0.2, 0.25) is 0 Å². The molecule has 0 bridgehead atoms. The van der Waals surface area contributed by atoms with Crippen molar-refractivity contribution < 1.29 is 15.0 Å². The Morgan fingerprint density at radius 2 is 1.80 bits per heavy atom. The van der Waals surface area contributed by atoms with E-state index >= 15 is 0 Å². The van der Waals surface area contributed by atoms with Crippen molar-refractivity contribution in [3.05, 3.63) is 54.1 Å². The molecule has 0 aliphatic heterocycles. The van der Waals surface area contributed by atoms with Crippen molar-refractivity contribution in [2.45, 2.75) is 13.3 Å². The minimum absolute atomic E-state index is 0.0798. The minimum Gasteiger partial charge on any atom is -0.504 e. The molecular weight excluding hydrogens is 254 g/mol. The van der Waals surface area contributed by atoms with E-state index in [1.54, 1.807) is 6.07 Å². The SMILES string of the molecule is CC(Cc1ccc(O)c(O)c1)C(=O)Nc1ccccc1. The van der Waals surface area contributed by atoms with Gasteiger partial charge in [-0.05, 0) is 36.2 Å². The molecule has 0 aromatic heterocycles. The predicted molar refractivity (Wildman–Crippen MR) is 77.7 cm³/mol. The fourth-order valence-electron chi connectivity index (χ4n) is 1.93. The second-order valence-electron chi connectivity index (χ2n) is 4.78. The number of para-hydroxylation sites is 1. The third-order valence-electron chi connectivity index (χ3n) is 3.07. The first-order valence-corrected chi connectivity index (χ1v) is 6.43. The third-order valence-corrected chi connectivity index (χ3v) is 3.07. The molecule has 3 N–H and O–H groups in total. The molecule has 1 amide bonds. The highest BCUT2D eigenvalue weighted by molar-refractivity contribution is 5.92. The lowest BCUT2D eigenvalue weighted by molar-refractivity contribution is -0.119. The van der Waals surface area contributed by atoms with Gasteiger partial charge in [0.15, 0.2) is 11.5 Å². The second kappa shape index (κ2) is 6.10. The lowest BCUT2D eigenvalue weighted by atomic mass is 10.00. The van der Waals surface area contributed by atoms with E-state index in [-0.39, 0.29) is 23.3 Å². The Morgan fingerprint density at radius 1 is 1.10 bits per heavy atom. The Morgan fingerprint density at radius 3 is 2.45 bits per heavy atom. The molecule has 4 heteroatoms. The minimum atomic E-state index is -0.237. The monoisotopic (exact) mass is 271 g/mol. The van der Waals surface area contributed by atoms with Gasteiger partial charge >= 0.3 is 0 Å². The number of amides is 1. The van der Waals surface area contributed by atoms with E-state index in [0.717, 1.165) is 11.3 Å². The summed E-state index contributed by atoms with van der Waals surface area (Å²) in [5, 5.41) is 21.5. The first-order chi connectivity index (χ1) is 9.56. The molecule has 0 aliphatic rings. The van der Waals surface area contributed by atoms with E-state index < -0.39 is 0 Å². The Bertz CT molecular complexity index is 596. The molecule has 20 heavy (non-hydrogen) atoms. The van der Waals surface area contributed by atoms with Crippen LogP contribution in [0.4, 0.5) is 5.69 Å². The number of hydrogen-bond donors (Lipinski definition) is 3. The van der Waals surface area contributed by atoms with Gasteiger partial charge in [-0.2, -0.15) is 0 Å². The average Bonchev–Trinajstić information content (AvgIpc) is 2.44. The van der Waals surface area contributed by atoms with Crippen molar-refractivity contribution >= 4 is 11.6 Å².